The standard InChI is InChI=1S/C16H19F3N2O/c17-16(18,19)11-4-1-3-10(7-11)13-8-14(13)15(22)21-6-2-5-12(20)9-21/h1,3-4,7,12-14H,2,5-6,8-9,20H2/t12-,13+,14+/m1/s1. The number of likely N-dealkylation sites (tertiary alicyclic amines) is 1. The van der Waals surface area contributed by atoms with Gasteiger partial charge >= 0.3 is 6.18 Å². The van der Waals surface area contributed by atoms with E-state index in [0.29, 0.717) is 25.1 Å². The molecule has 0 bridgehead atoms. The Morgan fingerprint density at radius 3 is 2.77 bits per heavy atom. The van der Waals surface area contributed by atoms with Crippen molar-refractivity contribution >= 4 is 5.91 Å². The number of amides is 1. The van der Waals surface area contributed by atoms with E-state index >= 15 is 0 Å². The van der Waals surface area contributed by atoms with E-state index in [2.05, 4.69) is 0 Å². The fourth-order valence-corrected chi connectivity index (χ4v) is 3.23. The number of piperidine rings is 1. The van der Waals surface area contributed by atoms with Crippen molar-refractivity contribution in [2.45, 2.75) is 37.4 Å². The van der Waals surface area contributed by atoms with Crippen molar-refractivity contribution in [1.82, 2.24) is 4.90 Å². The van der Waals surface area contributed by atoms with Crippen LogP contribution in [-0.2, 0) is 11.0 Å². The minimum Gasteiger partial charge on any atom is -0.341 e. The normalized spacial score (nSPS) is 28.5. The topological polar surface area (TPSA) is 46.3 Å². The van der Waals surface area contributed by atoms with Gasteiger partial charge in [0.25, 0.3) is 0 Å². The number of alkyl halides is 3. The third-order valence-corrected chi connectivity index (χ3v) is 4.52. The summed E-state index contributed by atoms with van der Waals surface area (Å²) < 4.78 is 38.3. The Hall–Kier alpha value is -1.56. The molecular weight excluding hydrogens is 293 g/mol. The number of benzene rings is 1. The van der Waals surface area contributed by atoms with E-state index in [9.17, 15) is 18.0 Å². The summed E-state index contributed by atoms with van der Waals surface area (Å²) in [6.45, 7) is 1.27. The van der Waals surface area contributed by atoms with Crippen LogP contribution < -0.4 is 5.73 Å². The Morgan fingerprint density at radius 2 is 2.09 bits per heavy atom. The van der Waals surface area contributed by atoms with Gasteiger partial charge in [-0.25, -0.2) is 0 Å². The van der Waals surface area contributed by atoms with E-state index in [1.54, 1.807) is 11.0 Å². The van der Waals surface area contributed by atoms with E-state index in [-0.39, 0.29) is 23.8 Å². The molecule has 1 aliphatic heterocycles. The van der Waals surface area contributed by atoms with Crippen molar-refractivity contribution < 1.29 is 18.0 Å². The first-order valence-electron chi connectivity index (χ1n) is 7.58. The first-order chi connectivity index (χ1) is 10.4. The molecule has 2 fully saturated rings. The van der Waals surface area contributed by atoms with E-state index in [1.165, 1.54) is 12.1 Å². The fraction of sp³-hybridized carbons (Fsp3) is 0.562. The molecule has 1 aliphatic carbocycles. The molecule has 0 spiro atoms. The maximum Gasteiger partial charge on any atom is 0.416 e. The lowest BCUT2D eigenvalue weighted by Gasteiger charge is -2.31. The van der Waals surface area contributed by atoms with Crippen LogP contribution in [0.1, 0.15) is 36.3 Å². The molecule has 6 heteroatoms. The Morgan fingerprint density at radius 1 is 1.32 bits per heavy atom. The van der Waals surface area contributed by atoms with Gasteiger partial charge in [0.2, 0.25) is 5.91 Å². The summed E-state index contributed by atoms with van der Waals surface area (Å²) in [6.07, 6.45) is -1.89. The number of carbonyl (C=O) groups excluding carboxylic acids is 1. The third kappa shape index (κ3) is 3.11. The van der Waals surface area contributed by atoms with Crippen molar-refractivity contribution in [3.05, 3.63) is 35.4 Å². The number of hydrogen-bond donors (Lipinski definition) is 1. The van der Waals surface area contributed by atoms with Crippen molar-refractivity contribution in [1.29, 1.82) is 0 Å². The summed E-state index contributed by atoms with van der Waals surface area (Å²) in [6, 6.07) is 5.33. The van der Waals surface area contributed by atoms with Gasteiger partial charge in [0.05, 0.1) is 5.56 Å². The van der Waals surface area contributed by atoms with Crippen LogP contribution in [0.4, 0.5) is 13.2 Å². The number of halogens is 3. The van der Waals surface area contributed by atoms with Gasteiger partial charge in [-0.15, -0.1) is 0 Å². The average Bonchev–Trinajstić information content (AvgIpc) is 3.26. The van der Waals surface area contributed by atoms with Gasteiger partial charge in [0.15, 0.2) is 0 Å². The number of carbonyl (C=O) groups is 1. The predicted molar refractivity (Wildman–Crippen MR) is 76.1 cm³/mol. The summed E-state index contributed by atoms with van der Waals surface area (Å²) >= 11 is 0. The number of rotatable bonds is 2. The second-order valence-electron chi connectivity index (χ2n) is 6.26. The SMILES string of the molecule is N[C@@H]1CCCN(C(=O)[C@H]2C[C@H]2c2cccc(C(F)(F)F)c2)C1. The zero-order chi connectivity index (χ0) is 15.9. The maximum absolute atomic E-state index is 12.8. The van der Waals surface area contributed by atoms with Crippen LogP contribution in [0.5, 0.6) is 0 Å². The van der Waals surface area contributed by atoms with Gasteiger partial charge in [0, 0.05) is 25.0 Å². The van der Waals surface area contributed by atoms with Gasteiger partial charge in [-0.3, -0.25) is 4.79 Å². The van der Waals surface area contributed by atoms with Crippen LogP contribution in [0.25, 0.3) is 0 Å². The molecule has 3 atom stereocenters. The number of nitrogens with zero attached hydrogens (tertiary/aromatic N) is 1. The molecule has 1 saturated heterocycles. The molecule has 0 radical (unpaired) electrons. The second-order valence-corrected chi connectivity index (χ2v) is 6.26. The van der Waals surface area contributed by atoms with E-state index in [1.807, 2.05) is 0 Å². The minimum absolute atomic E-state index is 0.0171. The zero-order valence-electron chi connectivity index (χ0n) is 12.1. The monoisotopic (exact) mass is 312 g/mol. The molecule has 1 heterocycles. The van der Waals surface area contributed by atoms with Gasteiger partial charge in [-0.2, -0.15) is 13.2 Å². The summed E-state index contributed by atoms with van der Waals surface area (Å²) in [5.74, 6) is -0.237. The summed E-state index contributed by atoms with van der Waals surface area (Å²) in [7, 11) is 0. The second kappa shape index (κ2) is 5.57. The highest BCUT2D eigenvalue weighted by Crippen LogP contribution is 2.49. The molecule has 0 aromatic heterocycles. The van der Waals surface area contributed by atoms with Crippen LogP contribution in [0, 0.1) is 5.92 Å². The van der Waals surface area contributed by atoms with Crippen LogP contribution in [0.15, 0.2) is 24.3 Å². The highest BCUT2D eigenvalue weighted by Gasteiger charge is 2.46. The number of hydrogen-bond acceptors (Lipinski definition) is 2. The molecule has 2 N–H and O–H groups in total. The third-order valence-electron chi connectivity index (χ3n) is 4.52. The molecule has 22 heavy (non-hydrogen) atoms. The Bertz CT molecular complexity index is 573. The highest BCUT2D eigenvalue weighted by molar-refractivity contribution is 5.83. The van der Waals surface area contributed by atoms with E-state index in [0.717, 1.165) is 18.9 Å². The molecule has 0 unspecified atom stereocenters. The van der Waals surface area contributed by atoms with Gasteiger partial charge in [-0.1, -0.05) is 18.2 Å². The molecule has 1 saturated carbocycles. The van der Waals surface area contributed by atoms with Gasteiger partial charge in [0.1, 0.15) is 0 Å². The van der Waals surface area contributed by atoms with Crippen LogP contribution in [-0.4, -0.2) is 29.9 Å². The molecule has 120 valence electrons. The minimum atomic E-state index is -4.34. The van der Waals surface area contributed by atoms with Crippen molar-refractivity contribution in [2.24, 2.45) is 11.7 Å². The van der Waals surface area contributed by atoms with Crippen molar-refractivity contribution in [2.75, 3.05) is 13.1 Å². The lowest BCUT2D eigenvalue weighted by molar-refractivity contribution is -0.137. The molecule has 1 aromatic carbocycles. The van der Waals surface area contributed by atoms with Crippen LogP contribution in [0.2, 0.25) is 0 Å². The molecule has 2 aliphatic rings. The summed E-state index contributed by atoms with van der Waals surface area (Å²) in [5, 5.41) is 0. The lowest BCUT2D eigenvalue weighted by atomic mass is 10.0. The smallest absolute Gasteiger partial charge is 0.341 e. The highest BCUT2D eigenvalue weighted by atomic mass is 19.4. The quantitative estimate of drug-likeness (QED) is 0.913. The molecular formula is C16H19F3N2O. The molecule has 3 rings (SSSR count). The van der Waals surface area contributed by atoms with Crippen LogP contribution >= 0.6 is 0 Å². The largest absolute Gasteiger partial charge is 0.416 e. The van der Waals surface area contributed by atoms with Crippen molar-refractivity contribution in [3.63, 3.8) is 0 Å². The van der Waals surface area contributed by atoms with Gasteiger partial charge < -0.3 is 10.6 Å². The van der Waals surface area contributed by atoms with E-state index in [4.69, 9.17) is 5.73 Å². The van der Waals surface area contributed by atoms with Crippen LogP contribution in [0.3, 0.4) is 0 Å². The lowest BCUT2D eigenvalue weighted by Crippen LogP contribution is -2.46. The molecule has 1 aromatic rings. The molecule has 3 nitrogen and oxygen atoms in total. The Labute approximate surface area is 127 Å². The van der Waals surface area contributed by atoms with E-state index < -0.39 is 11.7 Å². The Balaban J connectivity index is 1.68. The first kappa shape index (κ1) is 15.3. The van der Waals surface area contributed by atoms with Crippen molar-refractivity contribution in [3.8, 4) is 0 Å². The number of nitrogens with two attached hydrogens (primary N) is 1. The zero-order valence-corrected chi connectivity index (χ0v) is 12.1. The average molecular weight is 312 g/mol. The summed E-state index contributed by atoms with van der Waals surface area (Å²) in [4.78, 5) is 14.2. The fourth-order valence-electron chi connectivity index (χ4n) is 3.23. The maximum atomic E-state index is 12.8. The van der Waals surface area contributed by atoms with Gasteiger partial charge in [-0.05, 0) is 36.8 Å². The Kier molecular flexibility index (Phi) is 3.89. The summed E-state index contributed by atoms with van der Waals surface area (Å²) in [5.41, 5.74) is 5.83. The first-order valence-corrected chi connectivity index (χ1v) is 7.58. The predicted octanol–water partition coefficient (Wildman–Crippen LogP) is 2.76. The molecule has 1 amide bonds.